The summed E-state index contributed by atoms with van der Waals surface area (Å²) >= 11 is 1.26. The fourth-order valence-corrected chi connectivity index (χ4v) is 5.78. The predicted octanol–water partition coefficient (Wildman–Crippen LogP) is 3.04. The summed E-state index contributed by atoms with van der Waals surface area (Å²) in [6.07, 6.45) is 6.90. The normalized spacial score (nSPS) is 14.3. The van der Waals surface area contributed by atoms with E-state index in [1.807, 2.05) is 16.7 Å². The van der Waals surface area contributed by atoms with Crippen molar-refractivity contribution in [1.29, 1.82) is 0 Å². The molecule has 9 nitrogen and oxygen atoms in total. The number of allylic oxidation sites excluding steroid dienone is 1. The Kier molecular flexibility index (Phi) is 7.21. The first-order valence-corrected chi connectivity index (χ1v) is 12.9. The minimum atomic E-state index is -3.48. The van der Waals surface area contributed by atoms with Crippen molar-refractivity contribution in [2.45, 2.75) is 29.4 Å². The number of nitrogens with zero attached hydrogens (tertiary/aromatic N) is 5. The Balaban J connectivity index is 1.39. The number of carbonyl (C=O) groups is 1. The summed E-state index contributed by atoms with van der Waals surface area (Å²) in [7, 11) is -3.48. The number of hydrogen-bond acceptors (Lipinski definition) is 7. The summed E-state index contributed by atoms with van der Waals surface area (Å²) < 4.78 is 28.6. The van der Waals surface area contributed by atoms with Crippen LogP contribution in [0.4, 0.5) is 5.69 Å². The highest BCUT2D eigenvalue weighted by atomic mass is 32.2. The quantitative estimate of drug-likeness (QED) is 0.367. The van der Waals surface area contributed by atoms with E-state index in [4.69, 9.17) is 0 Å². The summed E-state index contributed by atoms with van der Waals surface area (Å²) in [5.41, 5.74) is 1.36. The van der Waals surface area contributed by atoms with Gasteiger partial charge in [-0.3, -0.25) is 14.3 Å². The molecule has 1 fully saturated rings. The Bertz CT molecular complexity index is 1220. The molecule has 3 heterocycles. The maximum Gasteiger partial charge on any atom is 0.243 e. The first-order valence-electron chi connectivity index (χ1n) is 10.5. The molecule has 1 saturated heterocycles. The number of carbonyl (C=O) groups excluding carboxylic acids is 1. The van der Waals surface area contributed by atoms with Gasteiger partial charge in [-0.1, -0.05) is 17.8 Å². The highest BCUT2D eigenvalue weighted by Crippen LogP contribution is 2.25. The van der Waals surface area contributed by atoms with Crippen molar-refractivity contribution in [3.8, 4) is 11.4 Å². The molecule has 1 N–H and O–H groups in total. The van der Waals surface area contributed by atoms with E-state index in [9.17, 15) is 13.2 Å². The van der Waals surface area contributed by atoms with E-state index in [1.165, 1.54) is 28.2 Å². The molecule has 4 rings (SSSR count). The van der Waals surface area contributed by atoms with Gasteiger partial charge in [0.25, 0.3) is 0 Å². The fraction of sp³-hybridized carbons (Fsp3) is 0.273. The van der Waals surface area contributed by atoms with Gasteiger partial charge in [0.05, 0.1) is 10.6 Å². The Labute approximate surface area is 197 Å². The van der Waals surface area contributed by atoms with Crippen molar-refractivity contribution < 1.29 is 13.2 Å². The Hall–Kier alpha value is -3.02. The van der Waals surface area contributed by atoms with E-state index in [0.29, 0.717) is 36.3 Å². The van der Waals surface area contributed by atoms with E-state index in [1.54, 1.807) is 30.6 Å². The van der Waals surface area contributed by atoms with Gasteiger partial charge in [-0.05, 0) is 49.2 Å². The second kappa shape index (κ2) is 10.3. The molecule has 33 heavy (non-hydrogen) atoms. The van der Waals surface area contributed by atoms with Crippen LogP contribution in [0, 0.1) is 0 Å². The first kappa shape index (κ1) is 23.1. The molecule has 0 unspecified atom stereocenters. The van der Waals surface area contributed by atoms with Gasteiger partial charge in [-0.25, -0.2) is 8.42 Å². The molecule has 1 aliphatic heterocycles. The summed E-state index contributed by atoms with van der Waals surface area (Å²) in [5.74, 6) is 0.544. The minimum absolute atomic E-state index is 0.121. The fourth-order valence-electron chi connectivity index (χ4n) is 3.51. The average molecular weight is 485 g/mol. The Morgan fingerprint density at radius 2 is 1.91 bits per heavy atom. The van der Waals surface area contributed by atoms with Crippen LogP contribution in [-0.4, -0.2) is 57.2 Å². The number of rotatable bonds is 9. The second-order valence-electron chi connectivity index (χ2n) is 7.42. The van der Waals surface area contributed by atoms with Crippen LogP contribution in [0.25, 0.3) is 11.4 Å². The van der Waals surface area contributed by atoms with Gasteiger partial charge in [-0.15, -0.1) is 16.8 Å². The van der Waals surface area contributed by atoms with Gasteiger partial charge in [0.2, 0.25) is 15.9 Å². The molecule has 0 bridgehead atoms. The third-order valence-electron chi connectivity index (χ3n) is 5.12. The maximum atomic E-state index is 12.6. The molecule has 1 aliphatic rings. The van der Waals surface area contributed by atoms with Crippen LogP contribution in [0.15, 0.2) is 71.5 Å². The number of sulfonamides is 1. The zero-order valence-electron chi connectivity index (χ0n) is 17.9. The lowest BCUT2D eigenvalue weighted by Gasteiger charge is -2.15. The summed E-state index contributed by atoms with van der Waals surface area (Å²) in [6, 6.07) is 9.97. The molecule has 3 aromatic rings. The molecule has 0 spiro atoms. The summed E-state index contributed by atoms with van der Waals surface area (Å²) in [5, 5.41) is 11.8. The van der Waals surface area contributed by atoms with Crippen molar-refractivity contribution in [1.82, 2.24) is 24.1 Å². The standard InChI is InChI=1S/C22H24N6O3S2/c1-2-12-28-21(17-6-5-11-23-15-17)25-26-22(28)32-16-20(29)24-18-7-9-19(10-8-18)33(30,31)27-13-3-4-14-27/h2,5-11,15H,1,3-4,12-14,16H2,(H,24,29). The van der Waals surface area contributed by atoms with Gasteiger partial charge >= 0.3 is 0 Å². The smallest absolute Gasteiger partial charge is 0.243 e. The van der Waals surface area contributed by atoms with Crippen molar-refractivity contribution in [2.24, 2.45) is 0 Å². The monoisotopic (exact) mass is 484 g/mol. The Morgan fingerprint density at radius 3 is 2.58 bits per heavy atom. The van der Waals surface area contributed by atoms with Gasteiger partial charge < -0.3 is 5.32 Å². The second-order valence-corrected chi connectivity index (χ2v) is 10.3. The largest absolute Gasteiger partial charge is 0.325 e. The third-order valence-corrected chi connectivity index (χ3v) is 8.00. The third kappa shape index (κ3) is 5.32. The van der Waals surface area contributed by atoms with Crippen LogP contribution >= 0.6 is 11.8 Å². The zero-order valence-corrected chi connectivity index (χ0v) is 19.6. The molecule has 1 amide bonds. The SMILES string of the molecule is C=CCn1c(SCC(=O)Nc2ccc(S(=O)(=O)N3CCCC3)cc2)nnc1-c1cccnc1. The van der Waals surface area contributed by atoms with Crippen LogP contribution in [0.5, 0.6) is 0 Å². The molecule has 1 aromatic carbocycles. The van der Waals surface area contributed by atoms with Crippen LogP contribution < -0.4 is 5.32 Å². The number of aromatic nitrogens is 4. The number of benzene rings is 1. The molecular weight excluding hydrogens is 460 g/mol. The number of amides is 1. The molecular formula is C22H24N6O3S2. The summed E-state index contributed by atoms with van der Waals surface area (Å²) in [4.78, 5) is 16.8. The van der Waals surface area contributed by atoms with E-state index >= 15 is 0 Å². The number of pyridine rings is 1. The topological polar surface area (TPSA) is 110 Å². The molecule has 0 aliphatic carbocycles. The lowest BCUT2D eigenvalue weighted by atomic mass is 10.3. The number of hydrogen-bond donors (Lipinski definition) is 1. The molecule has 0 atom stereocenters. The highest BCUT2D eigenvalue weighted by Gasteiger charge is 2.27. The van der Waals surface area contributed by atoms with E-state index in [0.717, 1.165) is 18.4 Å². The van der Waals surface area contributed by atoms with Gasteiger partial charge in [0.1, 0.15) is 0 Å². The van der Waals surface area contributed by atoms with Crippen molar-refractivity contribution >= 4 is 33.4 Å². The summed E-state index contributed by atoms with van der Waals surface area (Å²) in [6.45, 7) is 5.38. The van der Waals surface area contributed by atoms with E-state index in [2.05, 4.69) is 27.1 Å². The minimum Gasteiger partial charge on any atom is -0.325 e. The zero-order chi connectivity index (χ0) is 23.3. The molecule has 0 radical (unpaired) electrons. The van der Waals surface area contributed by atoms with E-state index < -0.39 is 10.0 Å². The van der Waals surface area contributed by atoms with Crippen LogP contribution in [0.3, 0.4) is 0 Å². The van der Waals surface area contributed by atoms with Crippen LogP contribution in [0.1, 0.15) is 12.8 Å². The van der Waals surface area contributed by atoms with Crippen molar-refractivity contribution in [2.75, 3.05) is 24.2 Å². The average Bonchev–Trinajstić information content (AvgIpc) is 3.50. The van der Waals surface area contributed by atoms with Gasteiger partial charge in [0, 0.05) is 43.3 Å². The maximum absolute atomic E-state index is 12.6. The molecule has 11 heteroatoms. The highest BCUT2D eigenvalue weighted by molar-refractivity contribution is 7.99. The molecule has 172 valence electrons. The molecule has 2 aromatic heterocycles. The lowest BCUT2D eigenvalue weighted by Crippen LogP contribution is -2.27. The number of nitrogens with one attached hydrogen (secondary N) is 1. The first-order chi connectivity index (χ1) is 16.0. The van der Waals surface area contributed by atoms with Crippen molar-refractivity contribution in [3.05, 3.63) is 61.4 Å². The van der Waals surface area contributed by atoms with Gasteiger partial charge in [-0.2, -0.15) is 4.31 Å². The van der Waals surface area contributed by atoms with E-state index in [-0.39, 0.29) is 16.6 Å². The molecule has 0 saturated carbocycles. The predicted molar refractivity (Wildman–Crippen MR) is 127 cm³/mol. The van der Waals surface area contributed by atoms with Crippen molar-refractivity contribution in [3.63, 3.8) is 0 Å². The number of thioether (sulfide) groups is 1. The number of anilines is 1. The van der Waals surface area contributed by atoms with Gasteiger partial charge in [0.15, 0.2) is 11.0 Å². The lowest BCUT2D eigenvalue weighted by molar-refractivity contribution is -0.113. The van der Waals surface area contributed by atoms with Crippen LogP contribution in [-0.2, 0) is 21.4 Å². The Morgan fingerprint density at radius 1 is 1.15 bits per heavy atom. The van der Waals surface area contributed by atoms with Crippen LogP contribution in [0.2, 0.25) is 0 Å².